The highest BCUT2D eigenvalue weighted by atomic mass is 19.4. The van der Waals surface area contributed by atoms with Crippen LogP contribution in [0.1, 0.15) is 5.82 Å². The molecular formula is C14H9F3N4. The third kappa shape index (κ3) is 2.49. The van der Waals surface area contributed by atoms with Crippen molar-refractivity contribution in [2.24, 2.45) is 0 Å². The van der Waals surface area contributed by atoms with Gasteiger partial charge in [-0.25, -0.2) is 9.97 Å². The lowest BCUT2D eigenvalue weighted by Gasteiger charge is -2.10. The summed E-state index contributed by atoms with van der Waals surface area (Å²) in [5, 5.41) is 1.56. The summed E-state index contributed by atoms with van der Waals surface area (Å²) < 4.78 is 38.3. The van der Waals surface area contributed by atoms with Crippen LogP contribution in [-0.4, -0.2) is 15.0 Å². The van der Waals surface area contributed by atoms with Crippen molar-refractivity contribution in [3.05, 3.63) is 48.5 Å². The van der Waals surface area contributed by atoms with Gasteiger partial charge in [0.25, 0.3) is 0 Å². The molecule has 0 radical (unpaired) electrons. The van der Waals surface area contributed by atoms with Crippen molar-refractivity contribution >= 4 is 16.6 Å². The first-order valence-corrected chi connectivity index (χ1v) is 6.00. The minimum atomic E-state index is -4.65. The first-order chi connectivity index (χ1) is 9.95. The summed E-state index contributed by atoms with van der Waals surface area (Å²) in [7, 11) is 0. The van der Waals surface area contributed by atoms with Gasteiger partial charge in [-0.1, -0.05) is 24.3 Å². The van der Waals surface area contributed by atoms with Gasteiger partial charge >= 0.3 is 6.18 Å². The molecule has 7 heteroatoms. The average Bonchev–Trinajstić information content (AvgIpc) is 2.45. The fraction of sp³-hybridized carbons (Fsp3) is 0.0714. The van der Waals surface area contributed by atoms with E-state index >= 15 is 0 Å². The highest BCUT2D eigenvalue weighted by molar-refractivity contribution is 5.95. The Morgan fingerprint density at radius 2 is 1.76 bits per heavy atom. The minimum absolute atomic E-state index is 0.0964. The van der Waals surface area contributed by atoms with Crippen LogP contribution in [0.5, 0.6) is 0 Å². The number of fused-ring (bicyclic) bond motifs is 1. The van der Waals surface area contributed by atoms with E-state index in [0.717, 1.165) is 10.8 Å². The summed E-state index contributed by atoms with van der Waals surface area (Å²) in [6, 6.07) is 8.53. The number of nitrogens with two attached hydrogens (primary N) is 1. The third-order valence-electron chi connectivity index (χ3n) is 2.94. The van der Waals surface area contributed by atoms with Crippen LogP contribution < -0.4 is 5.73 Å². The van der Waals surface area contributed by atoms with Gasteiger partial charge in [0.2, 0.25) is 5.82 Å². The van der Waals surface area contributed by atoms with Gasteiger partial charge in [0.1, 0.15) is 5.82 Å². The van der Waals surface area contributed by atoms with E-state index in [1.165, 1.54) is 12.3 Å². The summed E-state index contributed by atoms with van der Waals surface area (Å²) in [5.74, 6) is -1.49. The second-order valence-corrected chi connectivity index (χ2v) is 4.41. The van der Waals surface area contributed by atoms with Crippen LogP contribution in [0.15, 0.2) is 42.7 Å². The van der Waals surface area contributed by atoms with Gasteiger partial charge in [-0.2, -0.15) is 13.2 Å². The normalized spacial score (nSPS) is 11.8. The molecule has 21 heavy (non-hydrogen) atoms. The Hall–Kier alpha value is -2.70. The molecular weight excluding hydrogens is 281 g/mol. The van der Waals surface area contributed by atoms with Gasteiger partial charge in [0.05, 0.1) is 5.69 Å². The van der Waals surface area contributed by atoms with Gasteiger partial charge in [0, 0.05) is 29.4 Å². The molecule has 0 aliphatic heterocycles. The monoisotopic (exact) mass is 290 g/mol. The third-order valence-corrected chi connectivity index (χ3v) is 2.94. The first-order valence-electron chi connectivity index (χ1n) is 6.00. The number of hydrogen-bond acceptors (Lipinski definition) is 4. The zero-order chi connectivity index (χ0) is 15.0. The maximum absolute atomic E-state index is 12.8. The molecule has 3 aromatic rings. The maximum Gasteiger partial charge on any atom is 0.451 e. The summed E-state index contributed by atoms with van der Waals surface area (Å²) in [4.78, 5) is 10.8. The Morgan fingerprint density at radius 3 is 2.52 bits per heavy atom. The lowest BCUT2D eigenvalue weighted by atomic mass is 10.1. The predicted molar refractivity (Wildman–Crippen MR) is 72.2 cm³/mol. The molecule has 0 aliphatic carbocycles. The molecule has 2 heterocycles. The van der Waals surface area contributed by atoms with E-state index in [0.29, 0.717) is 5.56 Å². The SMILES string of the molecule is Nc1cc(-c2cncc3ccccc23)nc(C(F)(F)F)n1. The number of alkyl halides is 3. The molecule has 0 atom stereocenters. The van der Waals surface area contributed by atoms with Crippen molar-refractivity contribution in [1.29, 1.82) is 0 Å². The highest BCUT2D eigenvalue weighted by Gasteiger charge is 2.35. The zero-order valence-electron chi connectivity index (χ0n) is 10.6. The van der Waals surface area contributed by atoms with Crippen LogP contribution in [0.4, 0.5) is 19.0 Å². The first kappa shape index (κ1) is 13.3. The zero-order valence-corrected chi connectivity index (χ0v) is 10.6. The second kappa shape index (κ2) is 4.69. The quantitative estimate of drug-likeness (QED) is 0.747. The summed E-state index contributed by atoms with van der Waals surface area (Å²) >= 11 is 0. The van der Waals surface area contributed by atoms with E-state index in [2.05, 4.69) is 15.0 Å². The summed E-state index contributed by atoms with van der Waals surface area (Å²) in [6.07, 6.45) is -1.56. The van der Waals surface area contributed by atoms with Crippen LogP contribution >= 0.6 is 0 Å². The smallest absolute Gasteiger partial charge is 0.384 e. The van der Waals surface area contributed by atoms with Gasteiger partial charge in [-0.3, -0.25) is 4.98 Å². The van der Waals surface area contributed by atoms with Crippen LogP contribution in [0.25, 0.3) is 22.0 Å². The van der Waals surface area contributed by atoms with Crippen molar-refractivity contribution in [3.8, 4) is 11.3 Å². The fourth-order valence-corrected chi connectivity index (χ4v) is 2.05. The molecule has 0 bridgehead atoms. The number of aromatic nitrogens is 3. The largest absolute Gasteiger partial charge is 0.451 e. The number of benzene rings is 1. The minimum Gasteiger partial charge on any atom is -0.384 e. The van der Waals surface area contributed by atoms with Crippen molar-refractivity contribution in [2.75, 3.05) is 5.73 Å². The number of hydrogen-bond donors (Lipinski definition) is 1. The Morgan fingerprint density at radius 1 is 1.00 bits per heavy atom. The van der Waals surface area contributed by atoms with Crippen molar-refractivity contribution < 1.29 is 13.2 Å². The van der Waals surface area contributed by atoms with Gasteiger partial charge in [-0.05, 0) is 5.39 Å². The molecule has 0 spiro atoms. The Bertz CT molecular complexity index is 809. The van der Waals surface area contributed by atoms with E-state index in [9.17, 15) is 13.2 Å². The van der Waals surface area contributed by atoms with Crippen molar-refractivity contribution in [3.63, 3.8) is 0 Å². The lowest BCUT2D eigenvalue weighted by Crippen LogP contribution is -2.13. The Labute approximate surface area is 117 Å². The molecule has 106 valence electrons. The van der Waals surface area contributed by atoms with Crippen LogP contribution in [0.2, 0.25) is 0 Å². The molecule has 2 aromatic heterocycles. The summed E-state index contributed by atoms with van der Waals surface area (Å²) in [5.41, 5.74) is 6.04. The number of pyridine rings is 1. The molecule has 0 amide bonds. The number of halogens is 3. The van der Waals surface area contributed by atoms with Crippen molar-refractivity contribution in [2.45, 2.75) is 6.18 Å². The van der Waals surface area contributed by atoms with Crippen LogP contribution in [-0.2, 0) is 6.18 Å². The van der Waals surface area contributed by atoms with E-state index in [1.54, 1.807) is 18.3 Å². The van der Waals surface area contributed by atoms with E-state index in [1.807, 2.05) is 12.1 Å². The summed E-state index contributed by atoms with van der Waals surface area (Å²) in [6.45, 7) is 0. The van der Waals surface area contributed by atoms with Crippen molar-refractivity contribution in [1.82, 2.24) is 15.0 Å². The number of anilines is 1. The molecule has 0 fully saturated rings. The number of nitrogens with zero attached hydrogens (tertiary/aromatic N) is 3. The van der Waals surface area contributed by atoms with Gasteiger partial charge < -0.3 is 5.73 Å². The Balaban J connectivity index is 2.26. The molecule has 3 rings (SSSR count). The molecule has 1 aromatic carbocycles. The van der Waals surface area contributed by atoms with E-state index in [4.69, 9.17) is 5.73 Å². The highest BCUT2D eigenvalue weighted by Crippen LogP contribution is 2.31. The molecule has 0 unspecified atom stereocenters. The second-order valence-electron chi connectivity index (χ2n) is 4.41. The fourth-order valence-electron chi connectivity index (χ4n) is 2.05. The molecule has 2 N–H and O–H groups in total. The Kier molecular flexibility index (Phi) is 2.97. The molecule has 4 nitrogen and oxygen atoms in total. The van der Waals surface area contributed by atoms with E-state index in [-0.39, 0.29) is 11.5 Å². The average molecular weight is 290 g/mol. The maximum atomic E-state index is 12.8. The number of nitrogen functional groups attached to an aromatic ring is 1. The van der Waals surface area contributed by atoms with Gasteiger partial charge in [-0.15, -0.1) is 0 Å². The van der Waals surface area contributed by atoms with Crippen LogP contribution in [0, 0.1) is 0 Å². The number of rotatable bonds is 1. The molecule has 0 saturated carbocycles. The van der Waals surface area contributed by atoms with Crippen LogP contribution in [0.3, 0.4) is 0 Å². The van der Waals surface area contributed by atoms with E-state index < -0.39 is 12.0 Å². The lowest BCUT2D eigenvalue weighted by molar-refractivity contribution is -0.144. The topological polar surface area (TPSA) is 64.7 Å². The molecule has 0 aliphatic rings. The molecule has 0 saturated heterocycles. The predicted octanol–water partition coefficient (Wildman–Crippen LogP) is 3.29. The standard InChI is InChI=1S/C14H9F3N4/c15-14(16,17)13-20-11(5-12(18)21-13)10-7-19-6-8-3-1-2-4-9(8)10/h1-7H,(H2,18,20,21). The van der Waals surface area contributed by atoms with Gasteiger partial charge in [0.15, 0.2) is 0 Å².